The summed E-state index contributed by atoms with van der Waals surface area (Å²) in [4.78, 5) is 5.34. The normalized spacial score (nSPS) is 26.6. The number of benzene rings is 1. The number of hydrogen-bond acceptors (Lipinski definition) is 4. The number of fused-ring (bicyclic) bond motifs is 5. The minimum absolute atomic E-state index is 0.689. The first-order valence-corrected chi connectivity index (χ1v) is 9.91. The molecule has 0 aromatic heterocycles. The lowest BCUT2D eigenvalue weighted by Crippen LogP contribution is -2.45. The molecule has 0 N–H and O–H groups in total. The van der Waals surface area contributed by atoms with Crippen molar-refractivity contribution in [3.05, 3.63) is 28.8 Å². The van der Waals surface area contributed by atoms with Crippen molar-refractivity contribution in [1.82, 2.24) is 9.80 Å². The molecule has 1 aliphatic carbocycles. The van der Waals surface area contributed by atoms with Crippen molar-refractivity contribution < 1.29 is 9.47 Å². The highest BCUT2D eigenvalue weighted by atomic mass is 16.5. The van der Waals surface area contributed by atoms with Gasteiger partial charge in [0.1, 0.15) is 5.75 Å². The van der Waals surface area contributed by atoms with Crippen molar-refractivity contribution in [1.29, 1.82) is 0 Å². The van der Waals surface area contributed by atoms with Gasteiger partial charge in [-0.25, -0.2) is 0 Å². The molecule has 1 aromatic carbocycles. The summed E-state index contributed by atoms with van der Waals surface area (Å²) in [6.07, 6.45) is 6.47. The maximum atomic E-state index is 5.73. The average Bonchev–Trinajstić information content (AvgIpc) is 2.90. The van der Waals surface area contributed by atoms with Gasteiger partial charge in [-0.2, -0.15) is 0 Å². The second kappa shape index (κ2) is 7.65. The summed E-state index contributed by atoms with van der Waals surface area (Å²) >= 11 is 0. The highest BCUT2D eigenvalue weighted by molar-refractivity contribution is 5.44. The molecular formula is C21H32N2O2. The van der Waals surface area contributed by atoms with E-state index in [1.807, 2.05) is 14.2 Å². The summed E-state index contributed by atoms with van der Waals surface area (Å²) in [5.74, 6) is 1.89. The third-order valence-corrected chi connectivity index (χ3v) is 6.37. The predicted octanol–water partition coefficient (Wildman–Crippen LogP) is 2.73. The van der Waals surface area contributed by atoms with Gasteiger partial charge in [0, 0.05) is 51.4 Å². The van der Waals surface area contributed by atoms with Gasteiger partial charge in [-0.1, -0.05) is 6.07 Å². The second-order valence-electron chi connectivity index (χ2n) is 8.07. The van der Waals surface area contributed by atoms with Gasteiger partial charge in [0.15, 0.2) is 0 Å². The Morgan fingerprint density at radius 3 is 2.68 bits per heavy atom. The monoisotopic (exact) mass is 344 g/mol. The Bertz CT molecular complexity index is 604. The number of aryl methyl sites for hydroxylation is 2. The average molecular weight is 344 g/mol. The van der Waals surface area contributed by atoms with Crippen LogP contribution in [0.1, 0.15) is 36.0 Å². The molecular weight excluding hydrogens is 312 g/mol. The summed E-state index contributed by atoms with van der Waals surface area (Å²) in [5.41, 5.74) is 4.44. The highest BCUT2D eigenvalue weighted by Gasteiger charge is 2.34. The standard InChI is InChI=1S/C21H32N2O2/c1-24-9-8-23-13-16-6-7-20(23)15-22(12-16)14-19-10-17-4-3-5-18(17)11-21(19)25-2/h10-11,16,20H,3-9,12-15H2,1-2H3/t16-,20+/m0/s1. The van der Waals surface area contributed by atoms with Crippen LogP contribution in [-0.2, 0) is 24.1 Å². The lowest BCUT2D eigenvalue weighted by molar-refractivity contribution is 0.0867. The summed E-state index contributed by atoms with van der Waals surface area (Å²) in [5, 5.41) is 0. The van der Waals surface area contributed by atoms with Gasteiger partial charge < -0.3 is 9.47 Å². The topological polar surface area (TPSA) is 24.9 Å². The van der Waals surface area contributed by atoms with E-state index in [1.54, 1.807) is 5.56 Å². The van der Waals surface area contributed by atoms with Crippen LogP contribution < -0.4 is 4.74 Å². The quantitative estimate of drug-likeness (QED) is 0.792. The Kier molecular flexibility index (Phi) is 5.30. The van der Waals surface area contributed by atoms with Crippen LogP contribution in [0, 0.1) is 5.92 Å². The van der Waals surface area contributed by atoms with Gasteiger partial charge in [-0.3, -0.25) is 9.80 Å². The minimum atomic E-state index is 0.689. The van der Waals surface area contributed by atoms with E-state index >= 15 is 0 Å². The number of ether oxygens (including phenoxy) is 2. The van der Waals surface area contributed by atoms with Crippen molar-refractivity contribution in [2.24, 2.45) is 5.92 Å². The van der Waals surface area contributed by atoms with Gasteiger partial charge in [0.2, 0.25) is 0 Å². The maximum absolute atomic E-state index is 5.73. The molecule has 3 fully saturated rings. The molecule has 2 bridgehead atoms. The number of rotatable bonds is 6. The minimum Gasteiger partial charge on any atom is -0.496 e. The Morgan fingerprint density at radius 1 is 1.04 bits per heavy atom. The fraction of sp³-hybridized carbons (Fsp3) is 0.714. The SMILES string of the molecule is COCCN1C[C@H]2CC[C@@H]1CN(Cc1cc3c(cc1OC)CCC3)C2. The van der Waals surface area contributed by atoms with E-state index in [2.05, 4.69) is 21.9 Å². The molecule has 2 atom stereocenters. The van der Waals surface area contributed by atoms with E-state index in [0.717, 1.165) is 31.4 Å². The molecule has 25 heavy (non-hydrogen) atoms. The lowest BCUT2D eigenvalue weighted by Gasteiger charge is -2.35. The van der Waals surface area contributed by atoms with Crippen LogP contribution in [0.15, 0.2) is 12.1 Å². The molecule has 4 aliphatic rings. The number of nitrogens with zero attached hydrogens (tertiary/aromatic N) is 2. The molecule has 138 valence electrons. The lowest BCUT2D eigenvalue weighted by atomic mass is 9.95. The maximum Gasteiger partial charge on any atom is 0.123 e. The van der Waals surface area contributed by atoms with E-state index in [9.17, 15) is 0 Å². The molecule has 3 heterocycles. The molecule has 0 saturated carbocycles. The zero-order chi connectivity index (χ0) is 17.2. The Hall–Kier alpha value is -1.10. The van der Waals surface area contributed by atoms with Gasteiger partial charge in [0.05, 0.1) is 13.7 Å². The van der Waals surface area contributed by atoms with Gasteiger partial charge in [-0.05, 0) is 55.2 Å². The van der Waals surface area contributed by atoms with Crippen LogP contribution in [0.2, 0.25) is 0 Å². The van der Waals surface area contributed by atoms with Gasteiger partial charge in [-0.15, -0.1) is 0 Å². The molecule has 0 spiro atoms. The van der Waals surface area contributed by atoms with E-state index in [1.165, 1.54) is 62.9 Å². The molecule has 3 saturated heterocycles. The molecule has 0 radical (unpaired) electrons. The number of piperidine rings is 1. The Balaban J connectivity index is 1.48. The molecule has 0 amide bonds. The fourth-order valence-corrected chi connectivity index (χ4v) is 5.09. The largest absolute Gasteiger partial charge is 0.496 e. The predicted molar refractivity (Wildman–Crippen MR) is 100 cm³/mol. The summed E-state index contributed by atoms with van der Waals surface area (Å²) in [7, 11) is 3.63. The Morgan fingerprint density at radius 2 is 1.88 bits per heavy atom. The van der Waals surface area contributed by atoms with Crippen LogP contribution in [0.4, 0.5) is 0 Å². The molecule has 4 nitrogen and oxygen atoms in total. The first-order chi connectivity index (χ1) is 12.3. The number of methoxy groups -OCH3 is 2. The van der Waals surface area contributed by atoms with Crippen molar-refractivity contribution >= 4 is 0 Å². The van der Waals surface area contributed by atoms with Gasteiger partial charge in [0.25, 0.3) is 0 Å². The van der Waals surface area contributed by atoms with Crippen molar-refractivity contribution in [3.63, 3.8) is 0 Å². The smallest absolute Gasteiger partial charge is 0.123 e. The van der Waals surface area contributed by atoms with Crippen molar-refractivity contribution in [2.75, 3.05) is 47.0 Å². The molecule has 0 unspecified atom stereocenters. The van der Waals surface area contributed by atoms with Crippen LogP contribution in [0.25, 0.3) is 0 Å². The first kappa shape index (κ1) is 17.3. The van der Waals surface area contributed by atoms with Crippen LogP contribution >= 0.6 is 0 Å². The Labute approximate surface area is 152 Å². The van der Waals surface area contributed by atoms with E-state index in [4.69, 9.17) is 9.47 Å². The summed E-state index contributed by atoms with van der Waals surface area (Å²) in [6.45, 7) is 6.60. The molecule has 1 aromatic rings. The van der Waals surface area contributed by atoms with Crippen LogP contribution in [-0.4, -0.2) is 62.8 Å². The van der Waals surface area contributed by atoms with Crippen molar-refractivity contribution in [3.8, 4) is 5.75 Å². The number of hydrogen-bond donors (Lipinski definition) is 0. The van der Waals surface area contributed by atoms with Crippen LogP contribution in [0.5, 0.6) is 5.75 Å². The second-order valence-corrected chi connectivity index (χ2v) is 8.07. The first-order valence-electron chi connectivity index (χ1n) is 9.91. The van der Waals surface area contributed by atoms with E-state index < -0.39 is 0 Å². The van der Waals surface area contributed by atoms with Crippen molar-refractivity contribution in [2.45, 2.75) is 44.7 Å². The summed E-state index contributed by atoms with van der Waals surface area (Å²) in [6, 6.07) is 5.42. The summed E-state index contributed by atoms with van der Waals surface area (Å²) < 4.78 is 11.0. The third kappa shape index (κ3) is 3.71. The van der Waals surface area contributed by atoms with E-state index in [0.29, 0.717) is 6.04 Å². The zero-order valence-corrected chi connectivity index (χ0v) is 15.8. The molecule has 4 heteroatoms. The van der Waals surface area contributed by atoms with Gasteiger partial charge >= 0.3 is 0 Å². The third-order valence-electron chi connectivity index (χ3n) is 6.37. The zero-order valence-electron chi connectivity index (χ0n) is 15.8. The fourth-order valence-electron chi connectivity index (χ4n) is 5.09. The van der Waals surface area contributed by atoms with Crippen LogP contribution in [0.3, 0.4) is 0 Å². The highest BCUT2D eigenvalue weighted by Crippen LogP contribution is 2.33. The molecule has 3 aliphatic heterocycles. The molecule has 5 rings (SSSR count). The van der Waals surface area contributed by atoms with E-state index in [-0.39, 0.29) is 0 Å².